The normalized spacial score (nSPS) is 16.1. The number of nitrogens with zero attached hydrogens (tertiary/aromatic N) is 2. The first kappa shape index (κ1) is 18.9. The molecule has 2 heterocycles. The van der Waals surface area contributed by atoms with Gasteiger partial charge in [0, 0.05) is 31.1 Å². The number of ether oxygens (including phenoxy) is 1. The summed E-state index contributed by atoms with van der Waals surface area (Å²) >= 11 is 1.45. The minimum Gasteiger partial charge on any atom is -0.462 e. The van der Waals surface area contributed by atoms with Crippen LogP contribution in [0.4, 0.5) is 5.00 Å². The summed E-state index contributed by atoms with van der Waals surface area (Å²) in [4.78, 5) is 30.0. The van der Waals surface area contributed by atoms with E-state index in [4.69, 9.17) is 4.74 Å². The molecule has 0 aliphatic carbocycles. The Morgan fingerprint density at radius 3 is 2.42 bits per heavy atom. The van der Waals surface area contributed by atoms with Crippen LogP contribution in [0.2, 0.25) is 0 Å². The number of carbonyl (C=O) groups excluding carboxylic acids is 2. The molecule has 1 aliphatic rings. The van der Waals surface area contributed by atoms with Gasteiger partial charge in [-0.1, -0.05) is 13.8 Å². The second-order valence-corrected chi connectivity index (χ2v) is 6.92. The molecular formula is C17H27N3O3S. The van der Waals surface area contributed by atoms with Gasteiger partial charge in [-0.15, -0.1) is 11.3 Å². The van der Waals surface area contributed by atoms with Gasteiger partial charge in [0.2, 0.25) is 5.91 Å². The number of esters is 1. The van der Waals surface area contributed by atoms with Crippen molar-refractivity contribution in [3.8, 4) is 0 Å². The minimum atomic E-state index is -0.375. The van der Waals surface area contributed by atoms with Gasteiger partial charge in [0.05, 0.1) is 18.7 Å². The number of rotatable bonds is 7. The fraction of sp³-hybridized carbons (Fsp3) is 0.647. The second-order valence-electron chi connectivity index (χ2n) is 5.79. The quantitative estimate of drug-likeness (QED) is 0.761. The molecule has 0 aromatic carbocycles. The number of aryl methyl sites for hydroxylation is 1. The first-order valence-corrected chi connectivity index (χ1v) is 9.43. The highest BCUT2D eigenvalue weighted by atomic mass is 32.1. The van der Waals surface area contributed by atoms with E-state index in [2.05, 4.69) is 22.0 Å². The number of nitrogens with one attached hydrogen (secondary N) is 1. The highest BCUT2D eigenvalue weighted by molar-refractivity contribution is 7.16. The molecule has 1 aliphatic heterocycles. The molecule has 1 aromatic rings. The third-order valence-electron chi connectivity index (χ3n) is 4.16. The summed E-state index contributed by atoms with van der Waals surface area (Å²) in [5.41, 5.74) is 0.461. The molecule has 0 spiro atoms. The Balaban J connectivity index is 1.96. The predicted octanol–water partition coefficient (Wildman–Crippen LogP) is 2.06. The van der Waals surface area contributed by atoms with Gasteiger partial charge in [-0.25, -0.2) is 4.79 Å². The highest BCUT2D eigenvalue weighted by Crippen LogP contribution is 2.29. The number of amides is 1. The predicted molar refractivity (Wildman–Crippen MR) is 96.8 cm³/mol. The van der Waals surface area contributed by atoms with Crippen LogP contribution >= 0.6 is 11.3 Å². The Labute approximate surface area is 147 Å². The van der Waals surface area contributed by atoms with Crippen LogP contribution in [-0.2, 0) is 16.0 Å². The molecule has 1 saturated heterocycles. The van der Waals surface area contributed by atoms with E-state index in [1.165, 1.54) is 11.3 Å². The summed E-state index contributed by atoms with van der Waals surface area (Å²) in [6, 6.07) is 1.82. The van der Waals surface area contributed by atoms with Gasteiger partial charge in [0.25, 0.3) is 0 Å². The Morgan fingerprint density at radius 2 is 1.83 bits per heavy atom. The van der Waals surface area contributed by atoms with Gasteiger partial charge < -0.3 is 15.0 Å². The standard InChI is InChI=1S/C17H27N3O3S/c1-4-13-11-14(17(22)23-6-3)16(24-13)18-15(21)12-20-9-7-19(5-2)8-10-20/h11H,4-10,12H2,1-3H3,(H,18,21). The Bertz CT molecular complexity index is 565. The van der Waals surface area contributed by atoms with E-state index in [1.807, 2.05) is 13.0 Å². The number of carbonyl (C=O) groups is 2. The van der Waals surface area contributed by atoms with Gasteiger partial charge in [-0.05, 0) is 26.0 Å². The van der Waals surface area contributed by atoms with Crippen molar-refractivity contribution in [3.63, 3.8) is 0 Å². The maximum absolute atomic E-state index is 12.4. The molecule has 2 rings (SSSR count). The molecule has 1 amide bonds. The van der Waals surface area contributed by atoms with Crippen LogP contribution in [0.15, 0.2) is 6.07 Å². The number of anilines is 1. The van der Waals surface area contributed by atoms with Crippen LogP contribution in [-0.4, -0.2) is 67.6 Å². The smallest absolute Gasteiger partial charge is 0.341 e. The summed E-state index contributed by atoms with van der Waals surface area (Å²) in [7, 11) is 0. The van der Waals surface area contributed by atoms with Crippen LogP contribution in [0.25, 0.3) is 0 Å². The van der Waals surface area contributed by atoms with Crippen LogP contribution in [0, 0.1) is 0 Å². The zero-order valence-corrected chi connectivity index (χ0v) is 15.6. The zero-order chi connectivity index (χ0) is 17.5. The van der Waals surface area contributed by atoms with Crippen LogP contribution in [0.1, 0.15) is 36.0 Å². The minimum absolute atomic E-state index is 0.0741. The van der Waals surface area contributed by atoms with E-state index >= 15 is 0 Å². The molecule has 24 heavy (non-hydrogen) atoms. The van der Waals surface area contributed by atoms with Gasteiger partial charge in [-0.3, -0.25) is 9.69 Å². The Morgan fingerprint density at radius 1 is 1.17 bits per heavy atom. The van der Waals surface area contributed by atoms with Gasteiger partial charge >= 0.3 is 5.97 Å². The molecule has 0 saturated carbocycles. The largest absolute Gasteiger partial charge is 0.462 e. The lowest BCUT2D eigenvalue weighted by Gasteiger charge is -2.33. The van der Waals surface area contributed by atoms with E-state index in [0.29, 0.717) is 23.7 Å². The average molecular weight is 353 g/mol. The van der Waals surface area contributed by atoms with E-state index in [1.54, 1.807) is 6.92 Å². The SMILES string of the molecule is CCOC(=O)c1cc(CC)sc1NC(=O)CN1CCN(CC)CC1. The molecule has 7 heteroatoms. The van der Waals surface area contributed by atoms with Crippen LogP contribution in [0.3, 0.4) is 0 Å². The van der Waals surface area contributed by atoms with Crippen molar-refractivity contribution in [2.45, 2.75) is 27.2 Å². The lowest BCUT2D eigenvalue weighted by molar-refractivity contribution is -0.117. The molecular weight excluding hydrogens is 326 g/mol. The van der Waals surface area contributed by atoms with E-state index < -0.39 is 0 Å². The summed E-state index contributed by atoms with van der Waals surface area (Å²) < 4.78 is 5.08. The fourth-order valence-electron chi connectivity index (χ4n) is 2.70. The molecule has 0 radical (unpaired) electrons. The number of hydrogen-bond donors (Lipinski definition) is 1. The number of thiophene rings is 1. The van der Waals surface area contributed by atoms with Crippen molar-refractivity contribution in [1.82, 2.24) is 9.80 Å². The maximum Gasteiger partial charge on any atom is 0.341 e. The molecule has 6 nitrogen and oxygen atoms in total. The van der Waals surface area contributed by atoms with E-state index in [0.717, 1.165) is 44.0 Å². The van der Waals surface area contributed by atoms with Crippen molar-refractivity contribution in [2.24, 2.45) is 0 Å². The lowest BCUT2D eigenvalue weighted by atomic mass is 10.2. The molecule has 0 unspecified atom stereocenters. The van der Waals surface area contributed by atoms with Crippen molar-refractivity contribution in [1.29, 1.82) is 0 Å². The zero-order valence-electron chi connectivity index (χ0n) is 14.8. The van der Waals surface area contributed by atoms with E-state index in [9.17, 15) is 9.59 Å². The number of piperazine rings is 1. The molecule has 1 fully saturated rings. The second kappa shape index (κ2) is 9.15. The lowest BCUT2D eigenvalue weighted by Crippen LogP contribution is -2.48. The van der Waals surface area contributed by atoms with Gasteiger partial charge in [-0.2, -0.15) is 0 Å². The van der Waals surface area contributed by atoms with Crippen LogP contribution in [0.5, 0.6) is 0 Å². The van der Waals surface area contributed by atoms with Crippen molar-refractivity contribution < 1.29 is 14.3 Å². The monoisotopic (exact) mass is 353 g/mol. The highest BCUT2D eigenvalue weighted by Gasteiger charge is 2.21. The van der Waals surface area contributed by atoms with Crippen molar-refractivity contribution in [2.75, 3.05) is 51.2 Å². The number of likely N-dealkylation sites (N-methyl/N-ethyl adjacent to an activating group) is 1. The number of hydrogen-bond acceptors (Lipinski definition) is 6. The van der Waals surface area contributed by atoms with Crippen molar-refractivity contribution in [3.05, 3.63) is 16.5 Å². The Kier molecular flexibility index (Phi) is 7.20. The average Bonchev–Trinajstić information content (AvgIpc) is 2.98. The summed E-state index contributed by atoms with van der Waals surface area (Å²) in [6.45, 7) is 11.5. The molecule has 1 aromatic heterocycles. The fourth-order valence-corrected chi connectivity index (χ4v) is 3.70. The molecule has 134 valence electrons. The molecule has 1 N–H and O–H groups in total. The van der Waals surface area contributed by atoms with Crippen LogP contribution < -0.4 is 5.32 Å². The van der Waals surface area contributed by atoms with Crippen molar-refractivity contribution >= 4 is 28.2 Å². The summed E-state index contributed by atoms with van der Waals surface area (Å²) in [5.74, 6) is -0.449. The van der Waals surface area contributed by atoms with Gasteiger partial charge in [0.15, 0.2) is 0 Å². The summed E-state index contributed by atoms with van der Waals surface area (Å²) in [6.07, 6.45) is 0.825. The topological polar surface area (TPSA) is 61.9 Å². The maximum atomic E-state index is 12.4. The first-order valence-electron chi connectivity index (χ1n) is 8.61. The summed E-state index contributed by atoms with van der Waals surface area (Å²) in [5, 5.41) is 3.50. The van der Waals surface area contributed by atoms with E-state index in [-0.39, 0.29) is 11.9 Å². The molecule has 0 atom stereocenters. The Hall–Kier alpha value is -1.44. The van der Waals surface area contributed by atoms with Gasteiger partial charge in [0.1, 0.15) is 5.00 Å². The third-order valence-corrected chi connectivity index (χ3v) is 5.35. The molecule has 0 bridgehead atoms. The third kappa shape index (κ3) is 5.03. The first-order chi connectivity index (χ1) is 11.6.